The van der Waals surface area contributed by atoms with Crippen molar-refractivity contribution in [3.05, 3.63) is 41.0 Å². The van der Waals surface area contributed by atoms with Gasteiger partial charge in [0.15, 0.2) is 0 Å². The van der Waals surface area contributed by atoms with Crippen molar-refractivity contribution in [1.82, 2.24) is 15.2 Å². The van der Waals surface area contributed by atoms with E-state index in [1.54, 1.807) is 16.2 Å². The number of nitrogens with one attached hydrogen (secondary N) is 1. The van der Waals surface area contributed by atoms with Crippen LogP contribution in [0.4, 0.5) is 0 Å². The molecule has 2 atom stereocenters. The summed E-state index contributed by atoms with van der Waals surface area (Å²) >= 11 is 1.62. The Morgan fingerprint density at radius 3 is 2.59 bits per heavy atom. The number of aryl methyl sites for hydroxylation is 1. The monoisotopic (exact) mass is 414 g/mol. The summed E-state index contributed by atoms with van der Waals surface area (Å²) in [5.74, 6) is -0.251. The lowest BCUT2D eigenvalue weighted by atomic mass is 9.86. The van der Waals surface area contributed by atoms with Crippen LogP contribution < -0.4 is 11.1 Å². The van der Waals surface area contributed by atoms with E-state index in [1.165, 1.54) is 0 Å². The summed E-state index contributed by atoms with van der Waals surface area (Å²) in [6.45, 7) is 8.85. The van der Waals surface area contributed by atoms with Crippen LogP contribution in [-0.4, -0.2) is 40.3 Å². The molecule has 2 aromatic rings. The molecular weight excluding hydrogens is 384 g/mol. The van der Waals surface area contributed by atoms with Crippen LogP contribution in [0.25, 0.3) is 10.4 Å². The highest BCUT2D eigenvalue weighted by molar-refractivity contribution is 7.13. The Morgan fingerprint density at radius 2 is 2.00 bits per heavy atom. The van der Waals surface area contributed by atoms with Crippen molar-refractivity contribution in [2.24, 2.45) is 11.1 Å². The lowest BCUT2D eigenvalue weighted by Crippen LogP contribution is -2.54. The minimum absolute atomic E-state index is 0.112. The molecule has 3 N–H and O–H groups in total. The molecule has 2 amide bonds. The average molecular weight is 415 g/mol. The van der Waals surface area contributed by atoms with Crippen molar-refractivity contribution in [2.45, 2.75) is 59.2 Å². The van der Waals surface area contributed by atoms with Crippen LogP contribution in [0.15, 0.2) is 29.8 Å². The Kier molecular flexibility index (Phi) is 6.39. The van der Waals surface area contributed by atoms with Crippen LogP contribution in [0.5, 0.6) is 0 Å². The maximum atomic E-state index is 12.8. The third-order valence-electron chi connectivity index (χ3n) is 5.47. The van der Waals surface area contributed by atoms with E-state index in [0.29, 0.717) is 19.5 Å². The Labute approximate surface area is 176 Å². The van der Waals surface area contributed by atoms with Gasteiger partial charge < -0.3 is 16.0 Å². The number of benzene rings is 1. The molecule has 1 fully saturated rings. The van der Waals surface area contributed by atoms with Gasteiger partial charge in [-0.15, -0.1) is 11.3 Å². The van der Waals surface area contributed by atoms with Gasteiger partial charge in [0, 0.05) is 13.1 Å². The van der Waals surface area contributed by atoms with Gasteiger partial charge in [0.1, 0.15) is 6.04 Å². The molecule has 7 heteroatoms. The molecule has 0 radical (unpaired) electrons. The third kappa shape index (κ3) is 4.85. The van der Waals surface area contributed by atoms with E-state index in [2.05, 4.69) is 22.4 Å². The first kappa shape index (κ1) is 21.5. The molecule has 1 aromatic carbocycles. The summed E-state index contributed by atoms with van der Waals surface area (Å²) < 4.78 is 0. The molecule has 0 bridgehead atoms. The average Bonchev–Trinajstić information content (AvgIpc) is 3.33. The lowest BCUT2D eigenvalue weighted by Gasteiger charge is -2.32. The number of nitrogens with two attached hydrogens (primary N) is 1. The summed E-state index contributed by atoms with van der Waals surface area (Å²) in [5.41, 5.74) is 10.8. The van der Waals surface area contributed by atoms with Crippen molar-refractivity contribution in [3.63, 3.8) is 0 Å². The van der Waals surface area contributed by atoms with E-state index >= 15 is 0 Å². The SMILES string of the molecule is Cc1ncsc1-c1ccc(CNC(=O)[C@@H]2CCCN2C(=O)C(N)C(C)(C)C)cc1. The molecule has 0 spiro atoms. The van der Waals surface area contributed by atoms with Gasteiger partial charge in [-0.05, 0) is 36.3 Å². The van der Waals surface area contributed by atoms with Crippen LogP contribution in [0, 0.1) is 12.3 Å². The van der Waals surface area contributed by atoms with Gasteiger partial charge in [-0.1, -0.05) is 45.0 Å². The first-order valence-electron chi connectivity index (χ1n) is 10.0. The number of likely N-dealkylation sites (tertiary alicyclic amines) is 1. The highest BCUT2D eigenvalue weighted by atomic mass is 32.1. The van der Waals surface area contributed by atoms with Crippen LogP contribution >= 0.6 is 11.3 Å². The molecule has 29 heavy (non-hydrogen) atoms. The molecule has 1 aliphatic rings. The Balaban J connectivity index is 1.60. The Hall–Kier alpha value is -2.25. The van der Waals surface area contributed by atoms with Crippen LogP contribution in [0.3, 0.4) is 0 Å². The number of carbonyl (C=O) groups is 2. The molecule has 2 heterocycles. The minimum Gasteiger partial charge on any atom is -0.350 e. The van der Waals surface area contributed by atoms with Gasteiger partial charge in [0.2, 0.25) is 11.8 Å². The number of hydrogen-bond acceptors (Lipinski definition) is 5. The van der Waals surface area contributed by atoms with Crippen molar-refractivity contribution in [1.29, 1.82) is 0 Å². The summed E-state index contributed by atoms with van der Waals surface area (Å²) in [6.07, 6.45) is 1.50. The van der Waals surface area contributed by atoms with E-state index in [-0.39, 0.29) is 17.2 Å². The molecule has 156 valence electrons. The van der Waals surface area contributed by atoms with E-state index in [4.69, 9.17) is 5.73 Å². The fraction of sp³-hybridized carbons (Fsp3) is 0.500. The topological polar surface area (TPSA) is 88.3 Å². The number of thiazole rings is 1. The predicted molar refractivity (Wildman–Crippen MR) is 116 cm³/mol. The highest BCUT2D eigenvalue weighted by Gasteiger charge is 2.39. The number of nitrogens with zero attached hydrogens (tertiary/aromatic N) is 2. The Bertz CT molecular complexity index is 870. The quantitative estimate of drug-likeness (QED) is 0.787. The van der Waals surface area contributed by atoms with E-state index in [1.807, 2.05) is 45.3 Å². The van der Waals surface area contributed by atoms with Crippen molar-refractivity contribution >= 4 is 23.2 Å². The standard InChI is InChI=1S/C22H30N4O2S/c1-14-18(29-13-25-14)16-9-7-15(8-10-16)12-24-20(27)17-6-5-11-26(17)21(28)19(23)22(2,3)4/h7-10,13,17,19H,5-6,11-12,23H2,1-4H3,(H,24,27)/t17-,19?/m0/s1. The third-order valence-corrected chi connectivity index (χ3v) is 6.44. The van der Waals surface area contributed by atoms with Gasteiger partial charge in [-0.25, -0.2) is 4.98 Å². The highest BCUT2D eigenvalue weighted by Crippen LogP contribution is 2.27. The largest absolute Gasteiger partial charge is 0.350 e. The maximum absolute atomic E-state index is 12.8. The molecule has 1 saturated heterocycles. The number of amides is 2. The zero-order valence-electron chi connectivity index (χ0n) is 17.6. The summed E-state index contributed by atoms with van der Waals surface area (Å²) in [6, 6.07) is 7.09. The van der Waals surface area contributed by atoms with Crippen LogP contribution in [0.1, 0.15) is 44.9 Å². The van der Waals surface area contributed by atoms with E-state index in [9.17, 15) is 9.59 Å². The summed E-state index contributed by atoms with van der Waals surface area (Å²) in [7, 11) is 0. The Morgan fingerprint density at radius 1 is 1.31 bits per heavy atom. The molecular formula is C22H30N4O2S. The summed E-state index contributed by atoms with van der Waals surface area (Å²) in [5, 5.41) is 2.99. The zero-order valence-corrected chi connectivity index (χ0v) is 18.4. The number of hydrogen-bond donors (Lipinski definition) is 2. The molecule has 6 nitrogen and oxygen atoms in total. The second-order valence-corrected chi connectivity index (χ2v) is 9.57. The second kappa shape index (κ2) is 8.63. The molecule has 1 aromatic heterocycles. The van der Waals surface area contributed by atoms with Gasteiger partial charge in [0.05, 0.1) is 22.1 Å². The van der Waals surface area contributed by atoms with Gasteiger partial charge in [-0.2, -0.15) is 0 Å². The summed E-state index contributed by atoms with van der Waals surface area (Å²) in [4.78, 5) is 32.6. The van der Waals surface area contributed by atoms with Gasteiger partial charge in [-0.3, -0.25) is 9.59 Å². The maximum Gasteiger partial charge on any atom is 0.243 e. The molecule has 1 unspecified atom stereocenters. The molecule has 0 saturated carbocycles. The normalized spacial score (nSPS) is 18.0. The fourth-order valence-electron chi connectivity index (χ4n) is 3.51. The molecule has 3 rings (SSSR count). The van der Waals surface area contributed by atoms with Crippen molar-refractivity contribution in [3.8, 4) is 10.4 Å². The van der Waals surface area contributed by atoms with E-state index < -0.39 is 12.1 Å². The molecule has 1 aliphatic heterocycles. The van der Waals surface area contributed by atoms with Crippen LogP contribution in [0.2, 0.25) is 0 Å². The number of aromatic nitrogens is 1. The van der Waals surface area contributed by atoms with Crippen molar-refractivity contribution < 1.29 is 9.59 Å². The van der Waals surface area contributed by atoms with Gasteiger partial charge in [0.25, 0.3) is 0 Å². The molecule has 0 aliphatic carbocycles. The van der Waals surface area contributed by atoms with Crippen LogP contribution in [-0.2, 0) is 16.1 Å². The van der Waals surface area contributed by atoms with E-state index in [0.717, 1.165) is 28.1 Å². The first-order chi connectivity index (χ1) is 13.7. The smallest absolute Gasteiger partial charge is 0.243 e. The predicted octanol–water partition coefficient (Wildman–Crippen LogP) is 3.10. The fourth-order valence-corrected chi connectivity index (χ4v) is 4.32. The number of carbonyl (C=O) groups excluding carboxylic acids is 2. The number of rotatable bonds is 5. The minimum atomic E-state index is -0.612. The van der Waals surface area contributed by atoms with Gasteiger partial charge >= 0.3 is 0 Å². The first-order valence-corrected chi connectivity index (χ1v) is 10.9. The second-order valence-electron chi connectivity index (χ2n) is 8.71. The van der Waals surface area contributed by atoms with Crippen molar-refractivity contribution in [2.75, 3.05) is 6.54 Å². The zero-order chi connectivity index (χ0) is 21.2. The lowest BCUT2D eigenvalue weighted by molar-refractivity contribution is -0.141.